The highest BCUT2D eigenvalue weighted by atomic mass is 35.5. The van der Waals surface area contributed by atoms with Gasteiger partial charge in [0.2, 0.25) is 5.91 Å². The summed E-state index contributed by atoms with van der Waals surface area (Å²) in [5.41, 5.74) is 1.48. The number of carbonyl (C=O) groups excluding carboxylic acids is 1. The second-order valence-electron chi connectivity index (χ2n) is 5.83. The lowest BCUT2D eigenvalue weighted by molar-refractivity contribution is -0.117. The monoisotopic (exact) mass is 364 g/mol. The number of benzene rings is 2. The number of hydrogen-bond donors (Lipinski definition) is 1. The maximum atomic E-state index is 13.1. The molecule has 1 N–H and O–H groups in total. The highest BCUT2D eigenvalue weighted by Gasteiger charge is 2.13. The molecule has 25 heavy (non-hydrogen) atoms. The molecule has 2 aromatic rings. The Morgan fingerprint density at radius 3 is 2.72 bits per heavy atom. The van der Waals surface area contributed by atoms with Crippen LogP contribution in [-0.2, 0) is 11.3 Å². The average Bonchev–Trinajstić information content (AvgIpc) is 2.58. The number of anilines is 1. The summed E-state index contributed by atoms with van der Waals surface area (Å²) in [6.45, 7) is 1.85. The van der Waals surface area contributed by atoms with Crippen LogP contribution in [0.15, 0.2) is 36.4 Å². The van der Waals surface area contributed by atoms with Gasteiger partial charge in [-0.1, -0.05) is 17.7 Å². The summed E-state index contributed by atoms with van der Waals surface area (Å²) in [6.07, 6.45) is 0. The zero-order valence-electron chi connectivity index (χ0n) is 13.7. The molecule has 1 aliphatic heterocycles. The zero-order valence-corrected chi connectivity index (χ0v) is 14.5. The van der Waals surface area contributed by atoms with Crippen molar-refractivity contribution in [1.29, 1.82) is 0 Å². The SMILES string of the molecule is CN(CC(=O)Nc1ccc(F)c(Cl)c1)Cc1ccc2c(c1)OCCO2. The summed E-state index contributed by atoms with van der Waals surface area (Å²) < 4.78 is 24.2. The van der Waals surface area contributed by atoms with Gasteiger partial charge in [-0.15, -0.1) is 0 Å². The first-order chi connectivity index (χ1) is 12.0. The van der Waals surface area contributed by atoms with E-state index in [4.69, 9.17) is 21.1 Å². The molecule has 1 amide bonds. The Morgan fingerprint density at radius 2 is 1.96 bits per heavy atom. The molecule has 0 spiro atoms. The van der Waals surface area contributed by atoms with E-state index in [2.05, 4.69) is 5.32 Å². The number of carbonyl (C=O) groups is 1. The summed E-state index contributed by atoms with van der Waals surface area (Å²) in [5, 5.41) is 2.67. The van der Waals surface area contributed by atoms with Crippen molar-refractivity contribution in [2.75, 3.05) is 32.1 Å². The maximum Gasteiger partial charge on any atom is 0.238 e. The van der Waals surface area contributed by atoms with Crippen molar-refractivity contribution < 1.29 is 18.7 Å². The van der Waals surface area contributed by atoms with Crippen molar-refractivity contribution in [2.24, 2.45) is 0 Å². The summed E-state index contributed by atoms with van der Waals surface area (Å²) >= 11 is 5.71. The van der Waals surface area contributed by atoms with Crippen molar-refractivity contribution in [1.82, 2.24) is 4.90 Å². The Hall–Kier alpha value is -2.31. The van der Waals surface area contributed by atoms with E-state index < -0.39 is 5.82 Å². The Balaban J connectivity index is 1.55. The number of ether oxygens (including phenoxy) is 2. The lowest BCUT2D eigenvalue weighted by Crippen LogP contribution is -2.29. The van der Waals surface area contributed by atoms with Crippen LogP contribution in [-0.4, -0.2) is 37.6 Å². The standard InChI is InChI=1S/C18H18ClFN2O3/c1-22(10-12-2-5-16-17(8-12)25-7-6-24-16)11-18(23)21-13-3-4-15(20)14(19)9-13/h2-5,8-9H,6-7,10-11H2,1H3,(H,21,23). The number of amides is 1. The van der Waals surface area contributed by atoms with Crippen molar-refractivity contribution >= 4 is 23.2 Å². The molecular weight excluding hydrogens is 347 g/mol. The molecule has 0 aromatic heterocycles. The Bertz CT molecular complexity index is 785. The van der Waals surface area contributed by atoms with Crippen molar-refractivity contribution in [3.8, 4) is 11.5 Å². The summed E-state index contributed by atoms with van der Waals surface area (Å²) in [7, 11) is 1.84. The van der Waals surface area contributed by atoms with Gasteiger partial charge in [0.1, 0.15) is 19.0 Å². The van der Waals surface area contributed by atoms with Gasteiger partial charge in [0.25, 0.3) is 0 Å². The number of hydrogen-bond acceptors (Lipinski definition) is 4. The molecule has 0 radical (unpaired) electrons. The Kier molecular flexibility index (Phi) is 5.40. The second kappa shape index (κ2) is 7.72. The van der Waals surface area contributed by atoms with Gasteiger partial charge in [-0.05, 0) is 42.9 Å². The first kappa shape index (κ1) is 17.5. The fraction of sp³-hybridized carbons (Fsp3) is 0.278. The zero-order chi connectivity index (χ0) is 17.8. The lowest BCUT2D eigenvalue weighted by Gasteiger charge is -2.21. The van der Waals surface area contributed by atoms with Gasteiger partial charge < -0.3 is 14.8 Å². The molecular formula is C18H18ClFN2O3. The number of nitrogens with one attached hydrogen (secondary N) is 1. The number of likely N-dealkylation sites (N-methyl/N-ethyl adjacent to an activating group) is 1. The summed E-state index contributed by atoms with van der Waals surface area (Å²) in [5.74, 6) is 0.740. The van der Waals surface area contributed by atoms with Crippen LogP contribution in [0.1, 0.15) is 5.56 Å². The van der Waals surface area contributed by atoms with Gasteiger partial charge in [0.15, 0.2) is 11.5 Å². The average molecular weight is 365 g/mol. The smallest absolute Gasteiger partial charge is 0.238 e. The predicted octanol–water partition coefficient (Wildman–Crippen LogP) is 3.32. The minimum atomic E-state index is -0.518. The molecule has 0 atom stereocenters. The molecule has 3 rings (SSSR count). The van der Waals surface area contributed by atoms with E-state index >= 15 is 0 Å². The van der Waals surface area contributed by atoms with Crippen molar-refractivity contribution in [3.63, 3.8) is 0 Å². The molecule has 0 aliphatic carbocycles. The predicted molar refractivity (Wildman–Crippen MR) is 93.8 cm³/mol. The van der Waals surface area contributed by atoms with Gasteiger partial charge >= 0.3 is 0 Å². The Labute approximate surface area is 150 Å². The molecule has 0 bridgehead atoms. The van der Waals surface area contributed by atoms with E-state index in [1.54, 1.807) is 0 Å². The fourth-order valence-electron chi connectivity index (χ4n) is 2.57. The minimum Gasteiger partial charge on any atom is -0.486 e. The van der Waals surface area contributed by atoms with Crippen molar-refractivity contribution in [3.05, 3.63) is 52.8 Å². The third kappa shape index (κ3) is 4.61. The molecule has 2 aromatic carbocycles. The van der Waals surface area contributed by atoms with E-state index in [1.165, 1.54) is 18.2 Å². The van der Waals surface area contributed by atoms with Crippen LogP contribution in [0.2, 0.25) is 5.02 Å². The quantitative estimate of drug-likeness (QED) is 0.884. The van der Waals surface area contributed by atoms with Crippen LogP contribution in [0.5, 0.6) is 11.5 Å². The van der Waals surface area contributed by atoms with Gasteiger partial charge in [-0.25, -0.2) is 4.39 Å². The largest absolute Gasteiger partial charge is 0.486 e. The Morgan fingerprint density at radius 1 is 1.20 bits per heavy atom. The third-order valence-electron chi connectivity index (χ3n) is 3.68. The molecule has 0 unspecified atom stereocenters. The van der Waals surface area contributed by atoms with Gasteiger partial charge in [-0.3, -0.25) is 9.69 Å². The van der Waals surface area contributed by atoms with Crippen LogP contribution < -0.4 is 14.8 Å². The molecule has 1 heterocycles. The molecule has 5 nitrogen and oxygen atoms in total. The summed E-state index contributed by atoms with van der Waals surface area (Å²) in [4.78, 5) is 14.0. The van der Waals surface area contributed by atoms with Crippen molar-refractivity contribution in [2.45, 2.75) is 6.54 Å². The lowest BCUT2D eigenvalue weighted by atomic mass is 10.2. The molecule has 1 aliphatic rings. The van der Waals surface area contributed by atoms with Crippen LogP contribution >= 0.6 is 11.6 Å². The number of halogens is 2. The topological polar surface area (TPSA) is 50.8 Å². The highest BCUT2D eigenvalue weighted by Crippen LogP contribution is 2.31. The highest BCUT2D eigenvalue weighted by molar-refractivity contribution is 6.31. The van der Waals surface area contributed by atoms with E-state index in [0.717, 1.165) is 17.1 Å². The van der Waals surface area contributed by atoms with E-state index in [9.17, 15) is 9.18 Å². The molecule has 132 valence electrons. The van der Waals surface area contributed by atoms with E-state index in [-0.39, 0.29) is 17.5 Å². The first-order valence-electron chi connectivity index (χ1n) is 7.83. The maximum absolute atomic E-state index is 13.1. The molecule has 0 fully saturated rings. The normalized spacial score (nSPS) is 13.0. The van der Waals surface area contributed by atoms with Crippen LogP contribution in [0.3, 0.4) is 0 Å². The van der Waals surface area contributed by atoms with Crippen LogP contribution in [0.25, 0.3) is 0 Å². The van der Waals surface area contributed by atoms with Gasteiger partial charge in [0, 0.05) is 12.2 Å². The first-order valence-corrected chi connectivity index (χ1v) is 8.21. The third-order valence-corrected chi connectivity index (χ3v) is 3.97. The van der Waals surface area contributed by atoms with Crippen LogP contribution in [0, 0.1) is 5.82 Å². The number of nitrogens with zero attached hydrogens (tertiary/aromatic N) is 1. The number of fused-ring (bicyclic) bond motifs is 1. The molecule has 7 heteroatoms. The summed E-state index contributed by atoms with van der Waals surface area (Å²) in [6, 6.07) is 9.81. The second-order valence-corrected chi connectivity index (χ2v) is 6.23. The fourth-order valence-corrected chi connectivity index (χ4v) is 2.75. The minimum absolute atomic E-state index is 0.0255. The number of rotatable bonds is 5. The molecule has 0 saturated heterocycles. The van der Waals surface area contributed by atoms with E-state index in [1.807, 2.05) is 30.1 Å². The molecule has 0 saturated carbocycles. The van der Waals surface area contributed by atoms with E-state index in [0.29, 0.717) is 25.4 Å². The van der Waals surface area contributed by atoms with Crippen LogP contribution in [0.4, 0.5) is 10.1 Å². The van der Waals surface area contributed by atoms with Gasteiger partial charge in [0.05, 0.1) is 11.6 Å². The van der Waals surface area contributed by atoms with Gasteiger partial charge in [-0.2, -0.15) is 0 Å².